The first-order valence-electron chi connectivity index (χ1n) is 4.70. The number of ether oxygens (including phenoxy) is 1. The van der Waals surface area contributed by atoms with E-state index in [1.54, 1.807) is 0 Å². The Kier molecular flexibility index (Phi) is 3.09. The molecular formula is C10H17NO2. The molecule has 0 unspecified atom stereocenters. The molecule has 0 saturated carbocycles. The van der Waals surface area contributed by atoms with Crippen LogP contribution < -0.4 is 5.32 Å². The zero-order valence-corrected chi connectivity index (χ0v) is 8.52. The van der Waals surface area contributed by atoms with Gasteiger partial charge in [-0.3, -0.25) is 4.79 Å². The molecule has 0 saturated heterocycles. The second-order valence-electron chi connectivity index (χ2n) is 3.69. The number of ketones is 1. The Morgan fingerprint density at radius 2 is 2.38 bits per heavy atom. The van der Waals surface area contributed by atoms with E-state index in [-0.39, 0.29) is 5.78 Å². The summed E-state index contributed by atoms with van der Waals surface area (Å²) in [4.78, 5) is 11.8. The van der Waals surface area contributed by atoms with Crippen molar-refractivity contribution in [1.82, 2.24) is 5.32 Å². The Hall–Kier alpha value is -0.830. The molecule has 3 heteroatoms. The lowest BCUT2D eigenvalue weighted by Gasteiger charge is -2.23. The second-order valence-corrected chi connectivity index (χ2v) is 3.69. The first-order valence-corrected chi connectivity index (χ1v) is 4.70. The summed E-state index contributed by atoms with van der Waals surface area (Å²) in [5.41, 5.74) is -0.509. The Bertz CT molecular complexity index is 231. The average molecular weight is 183 g/mol. The highest BCUT2D eigenvalue weighted by molar-refractivity contribution is 6.00. The molecule has 1 rings (SSSR count). The van der Waals surface area contributed by atoms with E-state index < -0.39 is 5.54 Å². The summed E-state index contributed by atoms with van der Waals surface area (Å²) in [5, 5.41) is 3.13. The Balaban J connectivity index is 2.65. The number of carbonyl (C=O) groups is 1. The molecule has 0 spiro atoms. The van der Waals surface area contributed by atoms with Crippen molar-refractivity contribution in [3.8, 4) is 0 Å². The SMILES string of the molecule is CCNC(C)(C)C(=O)C1=CCCO1. The molecule has 0 bridgehead atoms. The lowest BCUT2D eigenvalue weighted by Crippen LogP contribution is -2.47. The molecule has 1 N–H and O–H groups in total. The van der Waals surface area contributed by atoms with Crippen LogP contribution in [0.1, 0.15) is 27.2 Å². The van der Waals surface area contributed by atoms with Crippen molar-refractivity contribution < 1.29 is 9.53 Å². The predicted octanol–water partition coefficient (Wildman–Crippen LogP) is 1.25. The quantitative estimate of drug-likeness (QED) is 0.712. The van der Waals surface area contributed by atoms with Crippen LogP contribution in [-0.2, 0) is 9.53 Å². The lowest BCUT2D eigenvalue weighted by molar-refractivity contribution is -0.123. The molecule has 13 heavy (non-hydrogen) atoms. The number of Topliss-reactive ketones (excluding diaryl/α,β-unsaturated/α-hetero) is 1. The number of likely N-dealkylation sites (N-methyl/N-ethyl adjacent to an activating group) is 1. The summed E-state index contributed by atoms with van der Waals surface area (Å²) in [7, 11) is 0. The maximum absolute atomic E-state index is 11.8. The molecular weight excluding hydrogens is 166 g/mol. The molecule has 1 aliphatic heterocycles. The van der Waals surface area contributed by atoms with Crippen LogP contribution in [0.5, 0.6) is 0 Å². The number of rotatable bonds is 4. The van der Waals surface area contributed by atoms with Crippen molar-refractivity contribution >= 4 is 5.78 Å². The van der Waals surface area contributed by atoms with Gasteiger partial charge < -0.3 is 10.1 Å². The first kappa shape index (κ1) is 10.3. The van der Waals surface area contributed by atoms with Gasteiger partial charge in [0, 0.05) is 6.42 Å². The van der Waals surface area contributed by atoms with E-state index in [4.69, 9.17) is 4.74 Å². The summed E-state index contributed by atoms with van der Waals surface area (Å²) in [6.07, 6.45) is 2.71. The van der Waals surface area contributed by atoms with Crippen LogP contribution in [0, 0.1) is 0 Å². The zero-order valence-electron chi connectivity index (χ0n) is 8.52. The molecule has 0 aromatic heterocycles. The van der Waals surface area contributed by atoms with E-state index in [0.717, 1.165) is 13.0 Å². The van der Waals surface area contributed by atoms with Gasteiger partial charge >= 0.3 is 0 Å². The third kappa shape index (κ3) is 2.31. The van der Waals surface area contributed by atoms with Crippen molar-refractivity contribution in [3.63, 3.8) is 0 Å². The molecule has 1 aliphatic rings. The van der Waals surface area contributed by atoms with Crippen LogP contribution in [0.25, 0.3) is 0 Å². The average Bonchev–Trinajstić information content (AvgIpc) is 2.54. The number of nitrogens with one attached hydrogen (secondary N) is 1. The van der Waals surface area contributed by atoms with Gasteiger partial charge in [-0.25, -0.2) is 0 Å². The zero-order chi connectivity index (χ0) is 9.90. The van der Waals surface area contributed by atoms with Gasteiger partial charge in [0.1, 0.15) is 0 Å². The highest BCUT2D eigenvalue weighted by Gasteiger charge is 2.31. The monoisotopic (exact) mass is 183 g/mol. The van der Waals surface area contributed by atoms with Crippen LogP contribution in [0.4, 0.5) is 0 Å². The van der Waals surface area contributed by atoms with Crippen LogP contribution in [0.3, 0.4) is 0 Å². The Labute approximate surface area is 79.2 Å². The second kappa shape index (κ2) is 3.92. The van der Waals surface area contributed by atoms with E-state index in [0.29, 0.717) is 12.4 Å². The minimum absolute atomic E-state index is 0.0480. The molecule has 0 atom stereocenters. The third-order valence-corrected chi connectivity index (χ3v) is 2.12. The van der Waals surface area contributed by atoms with Crippen molar-refractivity contribution in [2.45, 2.75) is 32.7 Å². The third-order valence-electron chi connectivity index (χ3n) is 2.12. The molecule has 0 fully saturated rings. The fourth-order valence-corrected chi connectivity index (χ4v) is 1.41. The van der Waals surface area contributed by atoms with Crippen molar-refractivity contribution in [2.75, 3.05) is 13.2 Å². The molecule has 0 amide bonds. The van der Waals surface area contributed by atoms with Gasteiger partial charge in [0.2, 0.25) is 5.78 Å². The molecule has 1 heterocycles. The fourth-order valence-electron chi connectivity index (χ4n) is 1.41. The van der Waals surface area contributed by atoms with Gasteiger partial charge in [-0.05, 0) is 26.5 Å². The molecule has 0 aromatic rings. The molecule has 74 valence electrons. The summed E-state index contributed by atoms with van der Waals surface area (Å²) in [6.45, 7) is 7.16. The van der Waals surface area contributed by atoms with Crippen molar-refractivity contribution in [1.29, 1.82) is 0 Å². The summed E-state index contributed by atoms with van der Waals surface area (Å²) in [6, 6.07) is 0. The minimum atomic E-state index is -0.509. The summed E-state index contributed by atoms with van der Waals surface area (Å²) >= 11 is 0. The van der Waals surface area contributed by atoms with Gasteiger partial charge in [0.05, 0.1) is 12.1 Å². The smallest absolute Gasteiger partial charge is 0.216 e. The number of carbonyl (C=O) groups excluding carboxylic acids is 1. The lowest BCUT2D eigenvalue weighted by atomic mass is 9.97. The number of hydrogen-bond acceptors (Lipinski definition) is 3. The Morgan fingerprint density at radius 1 is 1.69 bits per heavy atom. The molecule has 0 radical (unpaired) electrons. The van der Waals surface area contributed by atoms with Crippen LogP contribution >= 0.6 is 0 Å². The van der Waals surface area contributed by atoms with E-state index in [1.807, 2.05) is 26.8 Å². The first-order chi connectivity index (χ1) is 6.08. The predicted molar refractivity (Wildman–Crippen MR) is 51.4 cm³/mol. The molecule has 0 aliphatic carbocycles. The standard InChI is InChI=1S/C10H17NO2/c1-4-11-10(2,3)9(12)8-6-5-7-13-8/h6,11H,4-5,7H2,1-3H3. The van der Waals surface area contributed by atoms with E-state index in [1.165, 1.54) is 0 Å². The summed E-state index contributed by atoms with van der Waals surface area (Å²) < 4.78 is 5.22. The van der Waals surface area contributed by atoms with Crippen LogP contribution in [0.2, 0.25) is 0 Å². The van der Waals surface area contributed by atoms with E-state index >= 15 is 0 Å². The fraction of sp³-hybridized carbons (Fsp3) is 0.700. The van der Waals surface area contributed by atoms with Crippen molar-refractivity contribution in [2.24, 2.45) is 0 Å². The van der Waals surface area contributed by atoms with Crippen LogP contribution in [-0.4, -0.2) is 24.5 Å². The van der Waals surface area contributed by atoms with Gasteiger partial charge in [0.25, 0.3) is 0 Å². The minimum Gasteiger partial charge on any atom is -0.490 e. The van der Waals surface area contributed by atoms with Crippen LogP contribution in [0.15, 0.2) is 11.8 Å². The summed E-state index contributed by atoms with van der Waals surface area (Å²) in [5.74, 6) is 0.567. The van der Waals surface area contributed by atoms with Gasteiger partial charge in [-0.15, -0.1) is 0 Å². The van der Waals surface area contributed by atoms with Crippen molar-refractivity contribution in [3.05, 3.63) is 11.8 Å². The molecule has 0 aromatic carbocycles. The Morgan fingerprint density at radius 3 is 2.85 bits per heavy atom. The van der Waals surface area contributed by atoms with Gasteiger partial charge in [0.15, 0.2) is 5.76 Å². The normalized spacial score (nSPS) is 16.7. The number of hydrogen-bond donors (Lipinski definition) is 1. The van der Waals surface area contributed by atoms with Gasteiger partial charge in [-0.1, -0.05) is 6.92 Å². The highest BCUT2D eigenvalue weighted by Crippen LogP contribution is 2.17. The maximum Gasteiger partial charge on any atom is 0.216 e. The topological polar surface area (TPSA) is 38.3 Å². The van der Waals surface area contributed by atoms with Gasteiger partial charge in [-0.2, -0.15) is 0 Å². The highest BCUT2D eigenvalue weighted by atomic mass is 16.5. The van der Waals surface area contributed by atoms with E-state index in [2.05, 4.69) is 5.32 Å². The largest absolute Gasteiger partial charge is 0.490 e. The molecule has 3 nitrogen and oxygen atoms in total. The maximum atomic E-state index is 11.8. The van der Waals surface area contributed by atoms with E-state index in [9.17, 15) is 4.79 Å².